The van der Waals surface area contributed by atoms with Gasteiger partial charge in [0, 0.05) is 41.2 Å². The average molecular weight is 693 g/mol. The molecule has 2 aromatic carbocycles. The Balaban J connectivity index is 1.17. The van der Waals surface area contributed by atoms with Gasteiger partial charge in [-0.2, -0.15) is 0 Å². The first-order valence-electron chi connectivity index (χ1n) is 14.9. The lowest BCUT2D eigenvalue weighted by molar-refractivity contribution is -0.115. The molecule has 47 heavy (non-hydrogen) atoms. The van der Waals surface area contributed by atoms with Gasteiger partial charge in [-0.3, -0.25) is 9.32 Å². The third-order valence-corrected chi connectivity index (χ3v) is 8.98. The van der Waals surface area contributed by atoms with Crippen LogP contribution in [0.4, 0.5) is 25.4 Å². The van der Waals surface area contributed by atoms with Crippen molar-refractivity contribution in [3.63, 3.8) is 0 Å². The van der Waals surface area contributed by atoms with Crippen LogP contribution in [0.2, 0.25) is 0 Å². The van der Waals surface area contributed by atoms with Gasteiger partial charge in [0.05, 0.1) is 37.9 Å². The monoisotopic (exact) mass is 692 g/mol. The lowest BCUT2D eigenvalue weighted by Crippen LogP contribution is -2.41. The zero-order valence-electron chi connectivity index (χ0n) is 25.5. The van der Waals surface area contributed by atoms with E-state index in [-0.39, 0.29) is 24.8 Å². The molecule has 4 N–H and O–H groups in total. The molecule has 3 heterocycles. The molecule has 2 aromatic heterocycles. The number of nitrogens with one attached hydrogen (secondary N) is 2. The fourth-order valence-corrected chi connectivity index (χ4v) is 6.52. The maximum absolute atomic E-state index is 13.9. The second-order valence-electron chi connectivity index (χ2n) is 10.8. The van der Waals surface area contributed by atoms with Crippen molar-refractivity contribution >= 4 is 52.6 Å². The summed E-state index contributed by atoms with van der Waals surface area (Å²) in [6.07, 6.45) is 7.27. The number of carbonyl (C=O) groups is 1. The van der Waals surface area contributed by atoms with Crippen molar-refractivity contribution in [1.29, 1.82) is 0 Å². The Morgan fingerprint density at radius 2 is 1.98 bits per heavy atom. The molecular formula is C30H35F2N6O7PS. The van der Waals surface area contributed by atoms with Crippen LogP contribution in [0, 0.1) is 11.6 Å². The van der Waals surface area contributed by atoms with E-state index in [0.717, 1.165) is 50.9 Å². The van der Waals surface area contributed by atoms with Crippen molar-refractivity contribution in [2.45, 2.75) is 44.6 Å². The number of anilines is 3. The van der Waals surface area contributed by atoms with Gasteiger partial charge in [-0.1, -0.05) is 6.42 Å². The SMILES string of the molecule is COc1cc2c(Nc3ncc(CC(=O)Nc4ccc(F)cc4F)s3)ncnc2cc1OCCCN1CCCCC1CCOP(=O)(O)O. The van der Waals surface area contributed by atoms with E-state index in [1.54, 1.807) is 19.2 Å². The highest BCUT2D eigenvalue weighted by atomic mass is 32.1. The van der Waals surface area contributed by atoms with Crippen LogP contribution in [0.1, 0.15) is 37.0 Å². The van der Waals surface area contributed by atoms with E-state index in [1.807, 2.05) is 0 Å². The lowest BCUT2D eigenvalue weighted by Gasteiger charge is -2.35. The summed E-state index contributed by atoms with van der Waals surface area (Å²) < 4.78 is 54.4. The van der Waals surface area contributed by atoms with Crippen molar-refractivity contribution in [3.8, 4) is 11.5 Å². The third-order valence-electron chi connectivity index (χ3n) is 7.55. The van der Waals surface area contributed by atoms with Crippen LogP contribution in [-0.2, 0) is 20.3 Å². The second kappa shape index (κ2) is 15.9. The minimum absolute atomic E-state index is 0.0109. The maximum atomic E-state index is 13.9. The Labute approximate surface area is 273 Å². The first kappa shape index (κ1) is 34.5. The maximum Gasteiger partial charge on any atom is 0.469 e. The number of phosphoric ester groups is 1. The van der Waals surface area contributed by atoms with Crippen LogP contribution in [0.3, 0.4) is 0 Å². The molecule has 13 nitrogen and oxygen atoms in total. The number of benzene rings is 2. The number of methoxy groups -OCH3 is 1. The minimum atomic E-state index is -4.47. The Morgan fingerprint density at radius 3 is 2.77 bits per heavy atom. The van der Waals surface area contributed by atoms with Gasteiger partial charge in [0.25, 0.3) is 0 Å². The van der Waals surface area contributed by atoms with Gasteiger partial charge in [0.15, 0.2) is 16.6 Å². The van der Waals surface area contributed by atoms with E-state index < -0.39 is 25.4 Å². The van der Waals surface area contributed by atoms with Crippen molar-refractivity contribution < 1.29 is 41.9 Å². The molecule has 0 aliphatic carbocycles. The largest absolute Gasteiger partial charge is 0.493 e. The number of piperidine rings is 1. The molecule has 5 rings (SSSR count). The number of hydrogen-bond donors (Lipinski definition) is 4. The van der Waals surface area contributed by atoms with Gasteiger partial charge >= 0.3 is 7.82 Å². The number of thiazole rings is 1. The molecule has 252 valence electrons. The normalized spacial score (nSPS) is 15.5. The third kappa shape index (κ3) is 9.86. The number of phosphoric acid groups is 1. The molecule has 0 saturated carbocycles. The van der Waals surface area contributed by atoms with Crippen molar-refractivity contribution in [1.82, 2.24) is 19.9 Å². The Hall–Kier alpha value is -3.79. The highest BCUT2D eigenvalue weighted by molar-refractivity contribution is 7.46. The number of rotatable bonds is 15. The molecule has 4 aromatic rings. The highest BCUT2D eigenvalue weighted by Crippen LogP contribution is 2.37. The van der Waals surface area contributed by atoms with Crippen LogP contribution in [0.15, 0.2) is 42.9 Å². The van der Waals surface area contributed by atoms with Gasteiger partial charge in [-0.25, -0.2) is 28.3 Å². The molecule has 1 aliphatic heterocycles. The molecule has 1 aliphatic rings. The Bertz CT molecular complexity index is 1740. The summed E-state index contributed by atoms with van der Waals surface area (Å²) in [4.78, 5) is 46.4. The molecule has 17 heteroatoms. The lowest BCUT2D eigenvalue weighted by atomic mass is 9.99. The summed E-state index contributed by atoms with van der Waals surface area (Å²) in [6.45, 7) is 2.12. The van der Waals surface area contributed by atoms with Crippen LogP contribution in [0.25, 0.3) is 10.9 Å². The molecule has 1 fully saturated rings. The van der Waals surface area contributed by atoms with Crippen molar-refractivity contribution in [2.75, 3.05) is 44.0 Å². The molecule has 1 amide bonds. The zero-order valence-corrected chi connectivity index (χ0v) is 27.2. The predicted molar refractivity (Wildman–Crippen MR) is 172 cm³/mol. The van der Waals surface area contributed by atoms with Gasteiger partial charge < -0.3 is 34.8 Å². The summed E-state index contributed by atoms with van der Waals surface area (Å²) in [6, 6.07) is 6.68. The fraction of sp³-hybridized carbons (Fsp3) is 0.400. The molecule has 1 unspecified atom stereocenters. The predicted octanol–water partition coefficient (Wildman–Crippen LogP) is 5.42. The van der Waals surface area contributed by atoms with Crippen LogP contribution in [0.5, 0.6) is 11.5 Å². The fourth-order valence-electron chi connectivity index (χ4n) is 5.37. The molecular weight excluding hydrogens is 657 g/mol. The van der Waals surface area contributed by atoms with Crippen molar-refractivity contribution in [2.24, 2.45) is 0 Å². The van der Waals surface area contributed by atoms with E-state index in [1.165, 1.54) is 23.9 Å². The summed E-state index contributed by atoms with van der Waals surface area (Å²) in [5, 5.41) is 6.73. The number of hydrogen-bond acceptors (Lipinski definition) is 11. The summed E-state index contributed by atoms with van der Waals surface area (Å²) >= 11 is 1.23. The second-order valence-corrected chi connectivity index (χ2v) is 13.2. The summed E-state index contributed by atoms with van der Waals surface area (Å²) in [7, 11) is -2.93. The van der Waals surface area contributed by atoms with Crippen LogP contribution >= 0.6 is 19.2 Å². The van der Waals surface area contributed by atoms with Crippen LogP contribution in [-0.4, -0.2) is 75.0 Å². The smallest absolute Gasteiger partial charge is 0.469 e. The highest BCUT2D eigenvalue weighted by Gasteiger charge is 2.24. The number of carbonyl (C=O) groups excluding carboxylic acids is 1. The van der Waals surface area contributed by atoms with E-state index in [9.17, 15) is 18.1 Å². The van der Waals surface area contributed by atoms with Gasteiger partial charge in [0.1, 0.15) is 23.8 Å². The quantitative estimate of drug-likeness (QED) is 0.0924. The van der Waals surface area contributed by atoms with E-state index >= 15 is 0 Å². The molecule has 0 radical (unpaired) electrons. The molecule has 1 saturated heterocycles. The first-order valence-corrected chi connectivity index (χ1v) is 17.3. The van der Waals surface area contributed by atoms with Gasteiger partial charge in [-0.05, 0) is 50.4 Å². The topological polar surface area (TPSA) is 168 Å². The average Bonchev–Trinajstić information content (AvgIpc) is 3.46. The minimum Gasteiger partial charge on any atom is -0.493 e. The number of ether oxygens (including phenoxy) is 2. The van der Waals surface area contributed by atoms with Gasteiger partial charge in [-0.15, -0.1) is 11.3 Å². The molecule has 0 spiro atoms. The number of fused-ring (bicyclic) bond motifs is 1. The van der Waals surface area contributed by atoms with E-state index in [2.05, 4.69) is 35.0 Å². The molecule has 0 bridgehead atoms. The van der Waals surface area contributed by atoms with Crippen LogP contribution < -0.4 is 20.1 Å². The first-order chi connectivity index (χ1) is 22.6. The summed E-state index contributed by atoms with van der Waals surface area (Å²) in [5.41, 5.74) is 0.501. The number of halogens is 2. The Morgan fingerprint density at radius 1 is 1.13 bits per heavy atom. The standard InChI is InChI=1S/C30H35F2N6O7PS/c1-43-26-15-22-25(16-27(26)44-11-4-10-38-9-3-2-5-20(38)8-12-45-46(40,41)42)34-18-35-29(22)37-30-33-17-21(47-30)14-28(39)36-24-7-6-19(31)13-23(24)32/h6-7,13,15-18,20H,2-5,8-12,14H2,1H3,(H,36,39)(H2,40,41,42)(H,33,34,35,37). The van der Waals surface area contributed by atoms with E-state index in [0.29, 0.717) is 57.3 Å². The van der Waals surface area contributed by atoms with E-state index in [4.69, 9.17) is 19.3 Å². The van der Waals surface area contributed by atoms with Gasteiger partial charge in [0.2, 0.25) is 5.91 Å². The molecule has 1 atom stereocenters. The number of nitrogens with zero attached hydrogens (tertiary/aromatic N) is 4. The number of amides is 1. The van der Waals surface area contributed by atoms with Crippen molar-refractivity contribution in [3.05, 3.63) is 59.4 Å². The number of aromatic nitrogens is 3. The summed E-state index contributed by atoms with van der Waals surface area (Å²) in [5.74, 6) is -0.581. The Kier molecular flexibility index (Phi) is 11.7. The zero-order chi connectivity index (χ0) is 33.4. The number of likely N-dealkylation sites (tertiary alicyclic amines) is 1.